The van der Waals surface area contributed by atoms with Crippen LogP contribution >= 0.6 is 11.6 Å². The van der Waals surface area contributed by atoms with Crippen molar-refractivity contribution in [3.05, 3.63) is 28.8 Å². The third kappa shape index (κ3) is 4.68. The molecule has 0 bridgehead atoms. The van der Waals surface area contributed by atoms with Crippen LogP contribution in [0.2, 0.25) is 5.02 Å². The summed E-state index contributed by atoms with van der Waals surface area (Å²) in [5, 5.41) is 4.28. The Bertz CT molecular complexity index is 389. The van der Waals surface area contributed by atoms with Gasteiger partial charge < -0.3 is 10.2 Å². The van der Waals surface area contributed by atoms with E-state index in [1.807, 2.05) is 12.1 Å². The summed E-state index contributed by atoms with van der Waals surface area (Å²) in [6, 6.07) is 6.23. The van der Waals surface area contributed by atoms with Crippen LogP contribution in [0.1, 0.15) is 46.1 Å². The molecule has 0 radical (unpaired) electrons. The highest BCUT2D eigenvalue weighted by Crippen LogP contribution is 2.31. The molecule has 0 saturated carbocycles. The molecular weight excluding hydrogens is 268 g/mol. The van der Waals surface area contributed by atoms with Crippen molar-refractivity contribution in [2.24, 2.45) is 5.92 Å². The fourth-order valence-electron chi connectivity index (χ4n) is 2.55. The van der Waals surface area contributed by atoms with Gasteiger partial charge in [-0.2, -0.15) is 0 Å². The summed E-state index contributed by atoms with van der Waals surface area (Å²) in [5.74, 6) is 0.734. The minimum absolute atomic E-state index is 0.734. The van der Waals surface area contributed by atoms with Crippen LogP contribution in [0.25, 0.3) is 0 Å². The molecule has 0 aromatic heterocycles. The lowest BCUT2D eigenvalue weighted by molar-refractivity contribution is 0.485. The molecule has 0 saturated heterocycles. The molecule has 0 aliphatic carbocycles. The molecule has 0 atom stereocenters. The zero-order chi connectivity index (χ0) is 15.0. The predicted molar refractivity (Wildman–Crippen MR) is 90.8 cm³/mol. The average Bonchev–Trinajstić information content (AvgIpc) is 2.47. The number of para-hydroxylation sites is 1. The van der Waals surface area contributed by atoms with Crippen LogP contribution in [0, 0.1) is 5.92 Å². The summed E-state index contributed by atoms with van der Waals surface area (Å²) in [6.07, 6.45) is 2.44. The molecule has 2 nitrogen and oxygen atoms in total. The maximum atomic E-state index is 6.48. The van der Waals surface area contributed by atoms with Crippen LogP contribution in [0.15, 0.2) is 18.2 Å². The minimum atomic E-state index is 0.734. The lowest BCUT2D eigenvalue weighted by Gasteiger charge is -2.30. The Morgan fingerprint density at radius 1 is 1.15 bits per heavy atom. The number of halogens is 1. The van der Waals surface area contributed by atoms with E-state index in [-0.39, 0.29) is 0 Å². The fourth-order valence-corrected chi connectivity index (χ4v) is 2.87. The van der Waals surface area contributed by atoms with Gasteiger partial charge in [-0.25, -0.2) is 0 Å². The predicted octanol–water partition coefficient (Wildman–Crippen LogP) is 4.71. The quantitative estimate of drug-likeness (QED) is 0.710. The molecule has 0 spiro atoms. The lowest BCUT2D eigenvalue weighted by Crippen LogP contribution is -2.30. The summed E-state index contributed by atoms with van der Waals surface area (Å²) in [4.78, 5) is 2.44. The van der Waals surface area contributed by atoms with Crippen LogP contribution in [0.5, 0.6) is 0 Å². The van der Waals surface area contributed by atoms with E-state index in [4.69, 9.17) is 11.6 Å². The number of rotatable bonds is 9. The monoisotopic (exact) mass is 296 g/mol. The molecule has 0 aliphatic heterocycles. The van der Waals surface area contributed by atoms with Gasteiger partial charge in [-0.15, -0.1) is 0 Å². The van der Waals surface area contributed by atoms with Gasteiger partial charge >= 0.3 is 0 Å². The second-order valence-electron chi connectivity index (χ2n) is 5.25. The van der Waals surface area contributed by atoms with E-state index in [9.17, 15) is 0 Å². The van der Waals surface area contributed by atoms with E-state index in [0.717, 1.165) is 37.1 Å². The first-order valence-electron chi connectivity index (χ1n) is 7.90. The third-order valence-electron chi connectivity index (χ3n) is 3.97. The van der Waals surface area contributed by atoms with Gasteiger partial charge in [0.25, 0.3) is 0 Å². The smallest absolute Gasteiger partial charge is 0.0642 e. The number of anilines is 1. The molecule has 0 aliphatic rings. The molecule has 0 amide bonds. The Hall–Kier alpha value is -0.730. The Kier molecular flexibility index (Phi) is 8.01. The summed E-state index contributed by atoms with van der Waals surface area (Å²) in [5.41, 5.74) is 2.51. The maximum absolute atomic E-state index is 6.48. The minimum Gasteiger partial charge on any atom is -0.370 e. The first kappa shape index (κ1) is 17.3. The number of hydrogen-bond acceptors (Lipinski definition) is 2. The lowest BCUT2D eigenvalue weighted by atomic mass is 10.0. The maximum Gasteiger partial charge on any atom is 0.0642 e. The molecule has 0 unspecified atom stereocenters. The van der Waals surface area contributed by atoms with Crippen LogP contribution in [-0.2, 0) is 6.54 Å². The molecule has 1 N–H and O–H groups in total. The summed E-state index contributed by atoms with van der Waals surface area (Å²) >= 11 is 6.48. The highest BCUT2D eigenvalue weighted by Gasteiger charge is 2.16. The second-order valence-corrected chi connectivity index (χ2v) is 5.66. The molecule has 0 heterocycles. The van der Waals surface area contributed by atoms with Crippen molar-refractivity contribution in [3.8, 4) is 0 Å². The van der Waals surface area contributed by atoms with Crippen molar-refractivity contribution in [3.63, 3.8) is 0 Å². The summed E-state index contributed by atoms with van der Waals surface area (Å²) < 4.78 is 0. The normalized spacial score (nSPS) is 11.1. The van der Waals surface area contributed by atoms with Crippen LogP contribution in [0.3, 0.4) is 0 Å². The van der Waals surface area contributed by atoms with Gasteiger partial charge in [0.05, 0.1) is 10.7 Å². The molecule has 114 valence electrons. The van der Waals surface area contributed by atoms with Crippen LogP contribution in [0.4, 0.5) is 5.69 Å². The van der Waals surface area contributed by atoms with Crippen molar-refractivity contribution >= 4 is 17.3 Å². The Labute approximate surface area is 129 Å². The van der Waals surface area contributed by atoms with E-state index >= 15 is 0 Å². The standard InChI is InChI=1S/C17H29ClN2/c1-5-14(6-2)13-20(8-4)17-15(12-19-7-3)10-9-11-16(17)18/h9-11,14,19H,5-8,12-13H2,1-4H3. The molecule has 3 heteroatoms. The van der Waals surface area contributed by atoms with E-state index in [1.165, 1.54) is 24.1 Å². The molecule has 1 aromatic rings. The van der Waals surface area contributed by atoms with Gasteiger partial charge in [-0.1, -0.05) is 57.3 Å². The number of nitrogens with zero attached hydrogens (tertiary/aromatic N) is 1. The molecule has 1 aromatic carbocycles. The van der Waals surface area contributed by atoms with Gasteiger partial charge in [0.15, 0.2) is 0 Å². The van der Waals surface area contributed by atoms with E-state index in [1.54, 1.807) is 0 Å². The molecule has 0 fully saturated rings. The van der Waals surface area contributed by atoms with Crippen molar-refractivity contribution in [2.75, 3.05) is 24.5 Å². The van der Waals surface area contributed by atoms with E-state index in [0.29, 0.717) is 0 Å². The van der Waals surface area contributed by atoms with Gasteiger partial charge in [0, 0.05) is 19.6 Å². The second kappa shape index (κ2) is 9.25. The van der Waals surface area contributed by atoms with Crippen LogP contribution in [-0.4, -0.2) is 19.6 Å². The first-order chi connectivity index (χ1) is 9.67. The van der Waals surface area contributed by atoms with Crippen molar-refractivity contribution < 1.29 is 0 Å². The van der Waals surface area contributed by atoms with Crippen molar-refractivity contribution in [1.82, 2.24) is 5.32 Å². The summed E-state index contributed by atoms with van der Waals surface area (Å²) in [7, 11) is 0. The SMILES string of the molecule is CCNCc1cccc(Cl)c1N(CC)CC(CC)CC. The Balaban J connectivity index is 3.00. The number of nitrogens with one attached hydrogen (secondary N) is 1. The Morgan fingerprint density at radius 3 is 2.40 bits per heavy atom. The largest absolute Gasteiger partial charge is 0.370 e. The highest BCUT2D eigenvalue weighted by atomic mass is 35.5. The Morgan fingerprint density at radius 2 is 1.85 bits per heavy atom. The zero-order valence-electron chi connectivity index (χ0n) is 13.4. The number of hydrogen-bond donors (Lipinski definition) is 1. The topological polar surface area (TPSA) is 15.3 Å². The van der Waals surface area contributed by atoms with Gasteiger partial charge in [-0.3, -0.25) is 0 Å². The average molecular weight is 297 g/mol. The molecule has 20 heavy (non-hydrogen) atoms. The van der Waals surface area contributed by atoms with Crippen molar-refractivity contribution in [2.45, 2.75) is 47.1 Å². The summed E-state index contributed by atoms with van der Waals surface area (Å²) in [6.45, 7) is 12.8. The fraction of sp³-hybridized carbons (Fsp3) is 0.647. The van der Waals surface area contributed by atoms with E-state index < -0.39 is 0 Å². The number of benzene rings is 1. The van der Waals surface area contributed by atoms with Gasteiger partial charge in [0.1, 0.15) is 0 Å². The third-order valence-corrected chi connectivity index (χ3v) is 4.27. The zero-order valence-corrected chi connectivity index (χ0v) is 14.1. The molecule has 1 rings (SSSR count). The molecular formula is C17H29ClN2. The van der Waals surface area contributed by atoms with Crippen LogP contribution < -0.4 is 10.2 Å². The highest BCUT2D eigenvalue weighted by molar-refractivity contribution is 6.33. The van der Waals surface area contributed by atoms with E-state index in [2.05, 4.69) is 44.0 Å². The first-order valence-corrected chi connectivity index (χ1v) is 8.28. The van der Waals surface area contributed by atoms with Gasteiger partial charge in [-0.05, 0) is 31.0 Å². The van der Waals surface area contributed by atoms with Crippen molar-refractivity contribution in [1.29, 1.82) is 0 Å². The van der Waals surface area contributed by atoms with Gasteiger partial charge in [0.2, 0.25) is 0 Å².